The second-order valence-electron chi connectivity index (χ2n) is 5.39. The van der Waals surface area contributed by atoms with E-state index in [9.17, 15) is 24.2 Å². The number of aliphatic hydroxyl groups excluding tert-OH is 1. The van der Waals surface area contributed by atoms with E-state index in [1.165, 1.54) is 41.4 Å². The van der Waals surface area contributed by atoms with E-state index in [2.05, 4.69) is 15.2 Å². The molecule has 0 saturated heterocycles. The van der Waals surface area contributed by atoms with Gasteiger partial charge < -0.3 is 14.8 Å². The van der Waals surface area contributed by atoms with Gasteiger partial charge in [0.15, 0.2) is 11.5 Å². The van der Waals surface area contributed by atoms with Crippen LogP contribution in [-0.4, -0.2) is 41.7 Å². The van der Waals surface area contributed by atoms with Crippen molar-refractivity contribution in [2.75, 3.05) is 0 Å². The molecule has 3 N–H and O–H groups in total. The predicted octanol–water partition coefficient (Wildman–Crippen LogP) is 2.27. The Morgan fingerprint density at radius 1 is 1.27 bits per heavy atom. The van der Waals surface area contributed by atoms with E-state index in [1.54, 1.807) is 6.07 Å². The molecular formula is C17H13FN4O4. The molecule has 8 nitrogen and oxygen atoms in total. The highest BCUT2D eigenvalue weighted by atomic mass is 19.1. The number of aromatic nitrogens is 4. The van der Waals surface area contributed by atoms with Gasteiger partial charge in [-0.25, -0.2) is 14.2 Å². The number of nitrogens with one attached hydrogen (secondary N) is 1. The zero-order chi connectivity index (χ0) is 18.7. The topological polar surface area (TPSA) is 121 Å². The first-order valence-electron chi connectivity index (χ1n) is 7.43. The van der Waals surface area contributed by atoms with Crippen molar-refractivity contribution < 1.29 is 24.2 Å². The minimum atomic E-state index is -1.23. The number of carboxylic acids is 1. The highest BCUT2D eigenvalue weighted by Gasteiger charge is 2.17. The van der Waals surface area contributed by atoms with Gasteiger partial charge in [-0.2, -0.15) is 5.10 Å². The van der Waals surface area contributed by atoms with Gasteiger partial charge >= 0.3 is 5.97 Å². The van der Waals surface area contributed by atoms with Gasteiger partial charge in [0.25, 0.3) is 0 Å². The zero-order valence-corrected chi connectivity index (χ0v) is 13.3. The van der Waals surface area contributed by atoms with Crippen molar-refractivity contribution in [3.05, 3.63) is 77.4 Å². The number of allylic oxidation sites excluding steroid dienone is 1. The normalized spacial score (nSPS) is 11.5. The molecule has 1 aromatic carbocycles. The number of carbonyl (C=O) groups excluding carboxylic acids is 1. The Labute approximate surface area is 146 Å². The number of nitrogens with zero attached hydrogens (tertiary/aromatic N) is 3. The number of rotatable bonds is 6. The minimum Gasteiger partial charge on any atom is -0.504 e. The second-order valence-corrected chi connectivity index (χ2v) is 5.39. The molecule has 0 aliphatic heterocycles. The number of halogens is 1. The number of hydrogen-bond acceptors (Lipinski definition) is 5. The van der Waals surface area contributed by atoms with Crippen LogP contribution in [0, 0.1) is 5.82 Å². The van der Waals surface area contributed by atoms with Gasteiger partial charge in [0.1, 0.15) is 17.8 Å². The van der Waals surface area contributed by atoms with Crippen molar-refractivity contribution in [1.29, 1.82) is 0 Å². The molecule has 0 fully saturated rings. The monoisotopic (exact) mass is 356 g/mol. The van der Waals surface area contributed by atoms with Gasteiger partial charge in [-0.15, -0.1) is 0 Å². The van der Waals surface area contributed by atoms with Crippen LogP contribution in [-0.2, 0) is 6.54 Å². The smallest absolute Gasteiger partial charge is 0.352 e. The molecule has 2 aromatic heterocycles. The third kappa shape index (κ3) is 3.66. The molecule has 9 heteroatoms. The Balaban J connectivity index is 1.90. The summed E-state index contributed by atoms with van der Waals surface area (Å²) in [6.07, 6.45) is 3.47. The number of ketones is 1. The average molecular weight is 356 g/mol. The molecular weight excluding hydrogens is 343 g/mol. The fourth-order valence-corrected chi connectivity index (χ4v) is 2.39. The summed E-state index contributed by atoms with van der Waals surface area (Å²) in [6.45, 7) is 0.0727. The van der Waals surface area contributed by atoms with E-state index < -0.39 is 23.3 Å². The first-order valence-corrected chi connectivity index (χ1v) is 7.43. The van der Waals surface area contributed by atoms with Crippen LogP contribution < -0.4 is 0 Å². The molecule has 0 saturated carbocycles. The van der Waals surface area contributed by atoms with E-state index in [-0.39, 0.29) is 23.6 Å². The van der Waals surface area contributed by atoms with Crippen LogP contribution in [0.2, 0.25) is 0 Å². The van der Waals surface area contributed by atoms with Crippen molar-refractivity contribution in [2.45, 2.75) is 6.54 Å². The van der Waals surface area contributed by atoms with Gasteiger partial charge in [-0.05, 0) is 23.8 Å². The number of H-pyrrole nitrogens is 1. The highest BCUT2D eigenvalue weighted by molar-refractivity contribution is 6.08. The number of aliphatic hydroxyl groups is 1. The largest absolute Gasteiger partial charge is 0.504 e. The zero-order valence-electron chi connectivity index (χ0n) is 13.3. The lowest BCUT2D eigenvalue weighted by molar-refractivity contribution is 0.0685. The van der Waals surface area contributed by atoms with Crippen LogP contribution >= 0.6 is 0 Å². The number of carboxylic acid groups (broad SMARTS) is 1. The molecule has 0 radical (unpaired) electrons. The summed E-state index contributed by atoms with van der Waals surface area (Å²) in [7, 11) is 0. The van der Waals surface area contributed by atoms with Crippen LogP contribution in [0.1, 0.15) is 32.2 Å². The van der Waals surface area contributed by atoms with Gasteiger partial charge in [0, 0.05) is 24.4 Å². The van der Waals surface area contributed by atoms with Crippen molar-refractivity contribution in [1.82, 2.24) is 19.7 Å². The van der Waals surface area contributed by atoms with Gasteiger partial charge in [-0.3, -0.25) is 9.89 Å². The molecule has 0 bridgehead atoms. The Hall–Kier alpha value is -3.75. The third-order valence-corrected chi connectivity index (χ3v) is 3.55. The first kappa shape index (κ1) is 17.1. The van der Waals surface area contributed by atoms with E-state index in [0.717, 1.165) is 6.08 Å². The van der Waals surface area contributed by atoms with Crippen LogP contribution in [0.15, 0.2) is 48.9 Å². The van der Waals surface area contributed by atoms with E-state index in [1.807, 2.05) is 0 Å². The molecule has 3 aromatic rings. The Morgan fingerprint density at radius 2 is 2.08 bits per heavy atom. The fraction of sp³-hybridized carbons (Fsp3) is 0.0588. The lowest BCUT2D eigenvalue weighted by Crippen LogP contribution is -2.08. The molecule has 0 spiro atoms. The van der Waals surface area contributed by atoms with Crippen LogP contribution in [0.5, 0.6) is 0 Å². The number of aromatic amines is 1. The molecule has 3 rings (SSSR count). The highest BCUT2D eigenvalue weighted by Crippen LogP contribution is 2.15. The predicted molar refractivity (Wildman–Crippen MR) is 88.2 cm³/mol. The van der Waals surface area contributed by atoms with Crippen molar-refractivity contribution in [3.8, 4) is 0 Å². The summed E-state index contributed by atoms with van der Waals surface area (Å²) in [6, 6.07) is 6.90. The summed E-state index contributed by atoms with van der Waals surface area (Å²) >= 11 is 0. The first-order chi connectivity index (χ1) is 12.4. The second kappa shape index (κ2) is 7.01. The summed E-state index contributed by atoms with van der Waals surface area (Å²) in [4.78, 5) is 27.4. The maximum absolute atomic E-state index is 13.3. The molecule has 0 unspecified atom stereocenters. The Bertz CT molecular complexity index is 992. The van der Waals surface area contributed by atoms with Crippen molar-refractivity contribution in [3.63, 3.8) is 0 Å². The quantitative estimate of drug-likeness (QED) is 0.354. The van der Waals surface area contributed by atoms with Crippen LogP contribution in [0.25, 0.3) is 5.76 Å². The SMILES string of the molecule is O=C(C=C(O)c1nc[nH]n1)c1cc(C(=O)O)n(Cc2cccc(F)c2)c1. The lowest BCUT2D eigenvalue weighted by atomic mass is 10.2. The summed E-state index contributed by atoms with van der Waals surface area (Å²) in [5.74, 6) is -2.81. The van der Waals surface area contributed by atoms with Crippen LogP contribution in [0.4, 0.5) is 4.39 Å². The summed E-state index contributed by atoms with van der Waals surface area (Å²) in [5, 5.41) is 25.2. The standard InChI is InChI=1S/C17H13FN4O4/c18-12-3-1-2-10(4-12)7-22-8-11(5-13(22)17(25)26)14(23)6-15(24)16-19-9-20-21-16/h1-6,8-9,24H,7H2,(H,25,26)(H,19,20,21). The van der Waals surface area contributed by atoms with E-state index >= 15 is 0 Å². The maximum Gasteiger partial charge on any atom is 0.352 e. The molecule has 0 atom stereocenters. The number of benzene rings is 1. The number of aromatic carboxylic acids is 1. The summed E-state index contributed by atoms with van der Waals surface area (Å²) in [5.41, 5.74) is 0.463. The molecule has 2 heterocycles. The molecule has 0 amide bonds. The lowest BCUT2D eigenvalue weighted by Gasteiger charge is -2.06. The maximum atomic E-state index is 13.3. The number of hydrogen-bond donors (Lipinski definition) is 3. The van der Waals surface area contributed by atoms with E-state index in [0.29, 0.717) is 5.56 Å². The molecule has 132 valence electrons. The molecule has 0 aliphatic rings. The molecule has 26 heavy (non-hydrogen) atoms. The van der Waals surface area contributed by atoms with E-state index in [4.69, 9.17) is 0 Å². The minimum absolute atomic E-state index is 0.0564. The van der Waals surface area contributed by atoms with Crippen molar-refractivity contribution in [2.24, 2.45) is 0 Å². The van der Waals surface area contributed by atoms with Gasteiger partial charge in [0.2, 0.25) is 5.82 Å². The molecule has 0 aliphatic carbocycles. The van der Waals surface area contributed by atoms with Gasteiger partial charge in [0.05, 0.1) is 0 Å². The number of carbonyl (C=O) groups is 2. The van der Waals surface area contributed by atoms with Gasteiger partial charge in [-0.1, -0.05) is 12.1 Å². The fourth-order valence-electron chi connectivity index (χ4n) is 2.39. The van der Waals surface area contributed by atoms with Crippen LogP contribution in [0.3, 0.4) is 0 Å². The van der Waals surface area contributed by atoms with Crippen molar-refractivity contribution >= 4 is 17.5 Å². The average Bonchev–Trinajstić information content (AvgIpc) is 3.24. The third-order valence-electron chi connectivity index (χ3n) is 3.55. The summed E-state index contributed by atoms with van der Waals surface area (Å²) < 4.78 is 14.6. The Morgan fingerprint density at radius 3 is 2.73 bits per heavy atom. The Kier molecular flexibility index (Phi) is 4.61.